The molecule has 0 bridgehead atoms. The summed E-state index contributed by atoms with van der Waals surface area (Å²) in [6, 6.07) is 24.9. The van der Waals surface area contributed by atoms with Crippen molar-refractivity contribution in [3.8, 4) is 22.8 Å². The molecule has 1 amide bonds. The van der Waals surface area contributed by atoms with Gasteiger partial charge in [0.25, 0.3) is 5.91 Å². The van der Waals surface area contributed by atoms with Crippen molar-refractivity contribution < 1.29 is 18.3 Å². The number of furan rings is 1. The molecule has 3 aromatic carbocycles. The molecule has 0 atom stereocenters. The van der Waals surface area contributed by atoms with Gasteiger partial charge in [-0.1, -0.05) is 48.2 Å². The van der Waals surface area contributed by atoms with Gasteiger partial charge in [0.05, 0.1) is 25.6 Å². The minimum absolute atomic E-state index is 0.183. The van der Waals surface area contributed by atoms with Crippen LogP contribution in [-0.4, -0.2) is 27.8 Å². The molecule has 186 valence electrons. The Morgan fingerprint density at radius 2 is 1.86 bits per heavy atom. The molecule has 1 N–H and O–H groups in total. The van der Waals surface area contributed by atoms with Crippen LogP contribution >= 0.6 is 11.8 Å². The number of hydrogen-bond acceptors (Lipinski definition) is 6. The number of carbonyl (C=O) groups excluding carboxylic acids is 1. The van der Waals surface area contributed by atoms with E-state index in [9.17, 15) is 9.18 Å². The van der Waals surface area contributed by atoms with Gasteiger partial charge in [0.15, 0.2) is 11.0 Å². The summed E-state index contributed by atoms with van der Waals surface area (Å²) in [4.78, 5) is 12.4. The van der Waals surface area contributed by atoms with Crippen molar-refractivity contribution in [1.82, 2.24) is 20.1 Å². The fraction of sp³-hybridized carbons (Fsp3) is 0.107. The summed E-state index contributed by atoms with van der Waals surface area (Å²) in [7, 11) is 1.59. The van der Waals surface area contributed by atoms with Crippen LogP contribution in [0, 0.1) is 5.82 Å². The lowest BCUT2D eigenvalue weighted by Crippen LogP contribution is -2.22. The number of benzene rings is 3. The van der Waals surface area contributed by atoms with E-state index in [1.165, 1.54) is 17.8 Å². The number of carbonyl (C=O) groups is 1. The highest BCUT2D eigenvalue weighted by Crippen LogP contribution is 2.32. The van der Waals surface area contributed by atoms with E-state index in [0.717, 1.165) is 11.1 Å². The number of nitrogens with one attached hydrogen (secondary N) is 1. The molecule has 2 heterocycles. The Morgan fingerprint density at radius 1 is 1.03 bits per heavy atom. The summed E-state index contributed by atoms with van der Waals surface area (Å²) in [6.07, 6.45) is 1.57. The molecule has 0 saturated carbocycles. The molecule has 0 aliphatic rings. The second kappa shape index (κ2) is 11.1. The van der Waals surface area contributed by atoms with Gasteiger partial charge in [-0.3, -0.25) is 9.36 Å². The lowest BCUT2D eigenvalue weighted by Gasteiger charge is -2.12. The number of para-hydroxylation sites is 1. The maximum absolute atomic E-state index is 14.9. The maximum Gasteiger partial charge on any atom is 0.251 e. The van der Waals surface area contributed by atoms with Gasteiger partial charge in [-0.05, 0) is 54.1 Å². The molecular formula is C28H23FN4O3S. The zero-order chi connectivity index (χ0) is 25.6. The fourth-order valence-corrected chi connectivity index (χ4v) is 4.65. The van der Waals surface area contributed by atoms with E-state index in [0.29, 0.717) is 46.0 Å². The van der Waals surface area contributed by atoms with Crippen LogP contribution in [0.15, 0.2) is 101 Å². The van der Waals surface area contributed by atoms with Crippen LogP contribution < -0.4 is 10.1 Å². The van der Waals surface area contributed by atoms with Crippen LogP contribution in [0.1, 0.15) is 21.7 Å². The van der Waals surface area contributed by atoms with Crippen LogP contribution in [0.5, 0.6) is 5.75 Å². The lowest BCUT2D eigenvalue weighted by atomic mass is 10.1. The molecule has 5 rings (SSSR count). The number of amides is 1. The quantitative estimate of drug-likeness (QED) is 0.247. The lowest BCUT2D eigenvalue weighted by molar-refractivity contribution is 0.0948. The van der Waals surface area contributed by atoms with Gasteiger partial charge in [0.1, 0.15) is 17.3 Å². The van der Waals surface area contributed by atoms with Crippen LogP contribution in [0.4, 0.5) is 4.39 Å². The number of ether oxygens (including phenoxy) is 1. The second-order valence-electron chi connectivity index (χ2n) is 8.07. The third-order valence-electron chi connectivity index (χ3n) is 5.64. The predicted molar refractivity (Wildman–Crippen MR) is 139 cm³/mol. The molecule has 2 aromatic heterocycles. The highest BCUT2D eigenvalue weighted by atomic mass is 32.2. The minimum Gasteiger partial charge on any atom is -0.497 e. The van der Waals surface area contributed by atoms with E-state index >= 15 is 0 Å². The van der Waals surface area contributed by atoms with Crippen LogP contribution in [-0.2, 0) is 12.3 Å². The van der Waals surface area contributed by atoms with Gasteiger partial charge in [-0.2, -0.15) is 0 Å². The third-order valence-corrected chi connectivity index (χ3v) is 6.64. The van der Waals surface area contributed by atoms with Gasteiger partial charge >= 0.3 is 0 Å². The zero-order valence-electron chi connectivity index (χ0n) is 19.9. The number of rotatable bonds is 9. The van der Waals surface area contributed by atoms with E-state index in [4.69, 9.17) is 9.15 Å². The maximum atomic E-state index is 14.9. The largest absolute Gasteiger partial charge is 0.497 e. The van der Waals surface area contributed by atoms with Crippen LogP contribution in [0.2, 0.25) is 0 Å². The van der Waals surface area contributed by atoms with Crippen LogP contribution in [0.25, 0.3) is 17.1 Å². The first-order chi connectivity index (χ1) is 18.1. The molecule has 37 heavy (non-hydrogen) atoms. The van der Waals surface area contributed by atoms with E-state index < -0.39 is 0 Å². The second-order valence-corrected chi connectivity index (χ2v) is 9.02. The van der Waals surface area contributed by atoms with Crippen molar-refractivity contribution in [3.05, 3.63) is 114 Å². The molecule has 0 saturated heterocycles. The van der Waals surface area contributed by atoms with Crippen LogP contribution in [0.3, 0.4) is 0 Å². The van der Waals surface area contributed by atoms with Crippen molar-refractivity contribution in [2.75, 3.05) is 7.11 Å². The number of thioether (sulfide) groups is 1. The fourth-order valence-electron chi connectivity index (χ4n) is 3.75. The van der Waals surface area contributed by atoms with E-state index in [1.54, 1.807) is 60.4 Å². The summed E-state index contributed by atoms with van der Waals surface area (Å²) in [5, 5.41) is 12.1. The minimum atomic E-state index is -0.377. The van der Waals surface area contributed by atoms with Crippen molar-refractivity contribution in [2.24, 2.45) is 0 Å². The van der Waals surface area contributed by atoms with Gasteiger partial charge in [0.2, 0.25) is 0 Å². The number of hydrogen-bond donors (Lipinski definition) is 1. The Hall–Kier alpha value is -4.37. The average molecular weight is 515 g/mol. The Morgan fingerprint density at radius 3 is 2.62 bits per heavy atom. The average Bonchev–Trinajstić information content (AvgIpc) is 3.61. The van der Waals surface area contributed by atoms with E-state index in [1.807, 2.05) is 36.4 Å². The topological polar surface area (TPSA) is 82.2 Å². The third kappa shape index (κ3) is 5.57. The molecule has 9 heteroatoms. The molecule has 0 aliphatic carbocycles. The van der Waals surface area contributed by atoms with Crippen molar-refractivity contribution >= 4 is 17.7 Å². The van der Waals surface area contributed by atoms with Crippen molar-refractivity contribution in [2.45, 2.75) is 17.5 Å². The van der Waals surface area contributed by atoms with E-state index in [-0.39, 0.29) is 11.7 Å². The molecule has 0 radical (unpaired) electrons. The Labute approximate surface area is 217 Å². The number of aromatic nitrogens is 3. The first-order valence-electron chi connectivity index (χ1n) is 11.5. The normalized spacial score (nSPS) is 10.9. The first-order valence-corrected chi connectivity index (χ1v) is 12.5. The molecule has 5 aromatic rings. The summed E-state index contributed by atoms with van der Waals surface area (Å²) in [5.41, 5.74) is 2.65. The number of nitrogens with zero attached hydrogens (tertiary/aromatic N) is 3. The molecule has 0 spiro atoms. The molecule has 7 nitrogen and oxygen atoms in total. The molecule has 0 aliphatic heterocycles. The summed E-state index contributed by atoms with van der Waals surface area (Å²) in [6.45, 7) is 0.324. The summed E-state index contributed by atoms with van der Waals surface area (Å²) >= 11 is 1.43. The monoisotopic (exact) mass is 514 g/mol. The SMILES string of the molecule is COc1cccc(-c2nnc(SCc3ccc(C(=O)NCc4ccco4)cc3)n2-c2ccccc2F)c1. The Balaban J connectivity index is 1.35. The number of methoxy groups -OCH3 is 1. The van der Waals surface area contributed by atoms with Crippen molar-refractivity contribution in [3.63, 3.8) is 0 Å². The van der Waals surface area contributed by atoms with Crippen molar-refractivity contribution in [1.29, 1.82) is 0 Å². The van der Waals surface area contributed by atoms with Gasteiger partial charge in [-0.25, -0.2) is 4.39 Å². The summed E-state index contributed by atoms with van der Waals surface area (Å²) < 4.78 is 27.2. The molecular weight excluding hydrogens is 491 g/mol. The zero-order valence-corrected chi connectivity index (χ0v) is 20.7. The predicted octanol–water partition coefficient (Wildman–Crippen LogP) is 5.90. The van der Waals surface area contributed by atoms with Gasteiger partial charge < -0.3 is 14.5 Å². The summed E-state index contributed by atoms with van der Waals surface area (Å²) in [5.74, 6) is 1.86. The first kappa shape index (κ1) is 24.3. The molecule has 0 fully saturated rings. The standard InChI is InChI=1S/C28H23FN4O3S/c1-35-22-7-4-6-21(16-22)26-31-32-28(33(26)25-10-3-2-9-24(25)29)37-18-19-11-13-20(14-12-19)27(34)30-17-23-8-5-15-36-23/h2-16H,17-18H2,1H3,(H,30,34). The van der Waals surface area contributed by atoms with Gasteiger partial charge in [-0.15, -0.1) is 10.2 Å². The van der Waals surface area contributed by atoms with E-state index in [2.05, 4.69) is 15.5 Å². The Bertz CT molecular complexity index is 1500. The van der Waals surface area contributed by atoms with Gasteiger partial charge in [0, 0.05) is 16.9 Å². The smallest absolute Gasteiger partial charge is 0.251 e. The highest BCUT2D eigenvalue weighted by molar-refractivity contribution is 7.98. The molecule has 0 unspecified atom stereocenters. The highest BCUT2D eigenvalue weighted by Gasteiger charge is 2.19. The Kier molecular flexibility index (Phi) is 7.32. The number of halogens is 1.